The van der Waals surface area contributed by atoms with Crippen LogP contribution in [0.1, 0.15) is 48.4 Å². The standard InChI is InChI=1S/C24H32N2O2/c1-19-11-13-21(14-12-19)22(26-15-7-3-4-8-16-26)17-25-24(27)18-28-23-10-6-5-9-20(23)2/h5-6,9-14,22H,3-4,7-8,15-18H2,1-2H3,(H,25,27)/t22-/m0/s1. The minimum atomic E-state index is -0.0739. The number of likely N-dealkylation sites (tertiary alicyclic amines) is 1. The summed E-state index contributed by atoms with van der Waals surface area (Å²) in [7, 11) is 0. The fraction of sp³-hybridized carbons (Fsp3) is 0.458. The van der Waals surface area contributed by atoms with Crippen molar-refractivity contribution in [3.63, 3.8) is 0 Å². The molecular weight excluding hydrogens is 348 g/mol. The molecule has 0 aliphatic carbocycles. The van der Waals surface area contributed by atoms with Crippen molar-refractivity contribution in [1.82, 2.24) is 10.2 Å². The van der Waals surface area contributed by atoms with E-state index in [1.54, 1.807) is 0 Å². The van der Waals surface area contributed by atoms with Crippen LogP contribution in [0.4, 0.5) is 0 Å². The van der Waals surface area contributed by atoms with Gasteiger partial charge < -0.3 is 10.1 Å². The first-order valence-corrected chi connectivity index (χ1v) is 10.4. The lowest BCUT2D eigenvalue weighted by Gasteiger charge is -2.31. The first-order valence-electron chi connectivity index (χ1n) is 10.4. The van der Waals surface area contributed by atoms with Gasteiger partial charge in [0.15, 0.2) is 6.61 Å². The number of nitrogens with zero attached hydrogens (tertiary/aromatic N) is 1. The Balaban J connectivity index is 1.61. The highest BCUT2D eigenvalue weighted by Crippen LogP contribution is 2.24. The van der Waals surface area contributed by atoms with Crippen LogP contribution in [0.2, 0.25) is 0 Å². The molecule has 2 aromatic rings. The molecule has 1 aliphatic rings. The van der Waals surface area contributed by atoms with Gasteiger partial charge in [0.2, 0.25) is 0 Å². The average Bonchev–Trinajstić information content (AvgIpc) is 2.98. The molecular formula is C24H32N2O2. The van der Waals surface area contributed by atoms with E-state index in [0.717, 1.165) is 24.4 Å². The molecule has 0 unspecified atom stereocenters. The summed E-state index contributed by atoms with van der Waals surface area (Å²) < 4.78 is 5.69. The molecule has 0 bridgehead atoms. The van der Waals surface area contributed by atoms with Crippen LogP contribution in [0, 0.1) is 13.8 Å². The lowest BCUT2D eigenvalue weighted by molar-refractivity contribution is -0.123. The topological polar surface area (TPSA) is 41.6 Å². The second-order valence-corrected chi connectivity index (χ2v) is 7.73. The maximum Gasteiger partial charge on any atom is 0.258 e. The number of amides is 1. The highest BCUT2D eigenvalue weighted by Gasteiger charge is 2.22. The Morgan fingerprint density at radius 3 is 2.36 bits per heavy atom. The van der Waals surface area contributed by atoms with Crippen molar-refractivity contribution < 1.29 is 9.53 Å². The van der Waals surface area contributed by atoms with Gasteiger partial charge in [-0.05, 0) is 57.0 Å². The van der Waals surface area contributed by atoms with Gasteiger partial charge >= 0.3 is 0 Å². The molecule has 1 atom stereocenters. The molecule has 1 saturated heterocycles. The summed E-state index contributed by atoms with van der Waals surface area (Å²) in [6.07, 6.45) is 5.06. The molecule has 0 spiro atoms. The Morgan fingerprint density at radius 1 is 1.00 bits per heavy atom. The van der Waals surface area contributed by atoms with Gasteiger partial charge in [0.05, 0.1) is 6.04 Å². The molecule has 1 fully saturated rings. The third-order valence-corrected chi connectivity index (χ3v) is 5.49. The third kappa shape index (κ3) is 5.83. The van der Waals surface area contributed by atoms with Gasteiger partial charge in [0.25, 0.3) is 5.91 Å². The molecule has 0 aromatic heterocycles. The molecule has 4 nitrogen and oxygen atoms in total. The number of carbonyl (C=O) groups is 1. The first kappa shape index (κ1) is 20.4. The minimum absolute atomic E-state index is 0.0471. The molecule has 0 radical (unpaired) electrons. The average molecular weight is 381 g/mol. The smallest absolute Gasteiger partial charge is 0.258 e. The highest BCUT2D eigenvalue weighted by atomic mass is 16.5. The van der Waals surface area contributed by atoms with Gasteiger partial charge in [-0.3, -0.25) is 9.69 Å². The number of aryl methyl sites for hydroxylation is 2. The van der Waals surface area contributed by atoms with Crippen molar-refractivity contribution in [1.29, 1.82) is 0 Å². The zero-order chi connectivity index (χ0) is 19.8. The number of ether oxygens (including phenoxy) is 1. The largest absolute Gasteiger partial charge is 0.484 e. The van der Waals surface area contributed by atoms with Gasteiger partial charge in [-0.1, -0.05) is 60.9 Å². The zero-order valence-electron chi connectivity index (χ0n) is 17.1. The summed E-state index contributed by atoms with van der Waals surface area (Å²) in [4.78, 5) is 14.9. The van der Waals surface area contributed by atoms with E-state index < -0.39 is 0 Å². The Kier molecular flexibility index (Phi) is 7.49. The SMILES string of the molecule is Cc1ccc([C@H](CNC(=O)COc2ccccc2C)N2CCCCCC2)cc1. The van der Waals surface area contributed by atoms with Gasteiger partial charge in [-0.15, -0.1) is 0 Å². The Hall–Kier alpha value is -2.33. The number of nitrogens with one attached hydrogen (secondary N) is 1. The molecule has 1 amide bonds. The van der Waals surface area contributed by atoms with Crippen molar-refractivity contribution >= 4 is 5.91 Å². The lowest BCUT2D eigenvalue weighted by Crippen LogP contribution is -2.40. The molecule has 1 N–H and O–H groups in total. The molecule has 0 saturated carbocycles. The summed E-state index contributed by atoms with van der Waals surface area (Å²) in [5.41, 5.74) is 3.57. The molecule has 1 aliphatic heterocycles. The van der Waals surface area contributed by atoms with Crippen LogP contribution >= 0.6 is 0 Å². The zero-order valence-corrected chi connectivity index (χ0v) is 17.1. The van der Waals surface area contributed by atoms with Crippen molar-refractivity contribution in [3.05, 3.63) is 65.2 Å². The van der Waals surface area contributed by atoms with Crippen LogP contribution in [0.3, 0.4) is 0 Å². The van der Waals surface area contributed by atoms with Crippen molar-refractivity contribution in [2.24, 2.45) is 0 Å². The number of carbonyl (C=O) groups excluding carboxylic acids is 1. The Bertz CT molecular complexity index is 749. The van der Waals surface area contributed by atoms with Crippen molar-refractivity contribution in [2.45, 2.75) is 45.6 Å². The quantitative estimate of drug-likeness (QED) is 0.773. The van der Waals surface area contributed by atoms with Crippen molar-refractivity contribution in [3.8, 4) is 5.75 Å². The third-order valence-electron chi connectivity index (χ3n) is 5.49. The predicted molar refractivity (Wildman–Crippen MR) is 114 cm³/mol. The van der Waals surface area contributed by atoms with E-state index in [2.05, 4.69) is 41.4 Å². The first-order chi connectivity index (χ1) is 13.6. The van der Waals surface area contributed by atoms with Gasteiger partial charge in [-0.2, -0.15) is 0 Å². The second-order valence-electron chi connectivity index (χ2n) is 7.73. The number of hydrogen-bond donors (Lipinski definition) is 1. The van der Waals surface area contributed by atoms with Crippen LogP contribution in [-0.4, -0.2) is 37.0 Å². The van der Waals surface area contributed by atoms with E-state index in [9.17, 15) is 4.79 Å². The van der Waals surface area contributed by atoms with E-state index >= 15 is 0 Å². The summed E-state index contributed by atoms with van der Waals surface area (Å²) in [5, 5.41) is 3.10. The molecule has 150 valence electrons. The summed E-state index contributed by atoms with van der Waals surface area (Å²) >= 11 is 0. The van der Waals surface area contributed by atoms with Crippen LogP contribution in [0.25, 0.3) is 0 Å². The van der Waals surface area contributed by atoms with E-state index in [1.807, 2.05) is 31.2 Å². The molecule has 28 heavy (non-hydrogen) atoms. The monoisotopic (exact) mass is 380 g/mol. The molecule has 1 heterocycles. The van der Waals surface area contributed by atoms with Gasteiger partial charge in [-0.25, -0.2) is 0 Å². The lowest BCUT2D eigenvalue weighted by atomic mass is 10.0. The summed E-state index contributed by atoms with van der Waals surface area (Å²) in [5.74, 6) is 0.690. The minimum Gasteiger partial charge on any atom is -0.484 e. The fourth-order valence-corrected chi connectivity index (χ4v) is 3.78. The molecule has 2 aromatic carbocycles. The fourth-order valence-electron chi connectivity index (χ4n) is 3.78. The predicted octanol–water partition coefficient (Wildman–Crippen LogP) is 4.42. The van der Waals surface area contributed by atoms with E-state index in [4.69, 9.17) is 4.74 Å². The summed E-state index contributed by atoms with van der Waals surface area (Å²) in [6, 6.07) is 16.7. The maximum atomic E-state index is 12.4. The van der Waals surface area contributed by atoms with Crippen LogP contribution in [0.5, 0.6) is 5.75 Å². The normalized spacial score (nSPS) is 16.2. The van der Waals surface area contributed by atoms with E-state index in [-0.39, 0.29) is 18.6 Å². The Labute approximate surface area is 168 Å². The van der Waals surface area contributed by atoms with Crippen LogP contribution in [-0.2, 0) is 4.79 Å². The van der Waals surface area contributed by atoms with E-state index in [1.165, 1.54) is 36.8 Å². The number of rotatable bonds is 7. The number of benzene rings is 2. The van der Waals surface area contributed by atoms with E-state index in [0.29, 0.717) is 6.54 Å². The Morgan fingerprint density at radius 2 is 1.68 bits per heavy atom. The number of hydrogen-bond acceptors (Lipinski definition) is 3. The molecule has 4 heteroatoms. The summed E-state index contributed by atoms with van der Waals surface area (Å²) in [6.45, 7) is 6.93. The molecule has 3 rings (SSSR count). The maximum absolute atomic E-state index is 12.4. The highest BCUT2D eigenvalue weighted by molar-refractivity contribution is 5.77. The van der Waals surface area contributed by atoms with Crippen LogP contribution < -0.4 is 10.1 Å². The second kappa shape index (κ2) is 10.3. The number of para-hydroxylation sites is 1. The van der Waals surface area contributed by atoms with Gasteiger partial charge in [0, 0.05) is 6.54 Å². The van der Waals surface area contributed by atoms with Gasteiger partial charge in [0.1, 0.15) is 5.75 Å². The van der Waals surface area contributed by atoms with Crippen molar-refractivity contribution in [2.75, 3.05) is 26.2 Å². The van der Waals surface area contributed by atoms with Crippen LogP contribution in [0.15, 0.2) is 48.5 Å².